The Morgan fingerprint density at radius 1 is 0.595 bits per heavy atom. The molecule has 0 amide bonds. The molecule has 37 heavy (non-hydrogen) atoms. The van der Waals surface area contributed by atoms with E-state index in [0.29, 0.717) is 11.1 Å². The molecule has 0 aliphatic heterocycles. The smallest absolute Gasteiger partial charge is 0.335 e. The summed E-state index contributed by atoms with van der Waals surface area (Å²) in [5.74, 6) is -1.86. The van der Waals surface area contributed by atoms with Crippen LogP contribution in [0.4, 0.5) is 0 Å². The van der Waals surface area contributed by atoms with Gasteiger partial charge in [0.2, 0.25) is 0 Å². The summed E-state index contributed by atoms with van der Waals surface area (Å²) in [6.45, 7) is 8.03. The number of aromatic carboxylic acids is 2. The summed E-state index contributed by atoms with van der Waals surface area (Å²) >= 11 is 0. The van der Waals surface area contributed by atoms with Gasteiger partial charge in [-0.1, -0.05) is 100 Å². The Hall–Kier alpha value is -4.18. The van der Waals surface area contributed by atoms with Gasteiger partial charge in [0, 0.05) is 0 Å². The van der Waals surface area contributed by atoms with Crippen molar-refractivity contribution in [3.05, 3.63) is 129 Å². The number of carbonyl (C=O) groups is 2. The van der Waals surface area contributed by atoms with Crippen LogP contribution in [0.3, 0.4) is 0 Å². The predicted molar refractivity (Wildman–Crippen MR) is 146 cm³/mol. The minimum atomic E-state index is -0.940. The summed E-state index contributed by atoms with van der Waals surface area (Å²) in [4.78, 5) is 24.1. The van der Waals surface area contributed by atoms with Crippen molar-refractivity contribution in [3.8, 4) is 11.1 Å². The summed E-state index contributed by atoms with van der Waals surface area (Å²) in [5.41, 5.74) is 7.82. The second kappa shape index (κ2) is 9.04. The number of hydrogen-bond donors (Lipinski definition) is 2. The van der Waals surface area contributed by atoms with Gasteiger partial charge in [-0.05, 0) is 68.5 Å². The molecule has 0 spiro atoms. The Bertz CT molecular complexity index is 1430. The first kappa shape index (κ1) is 24.5. The van der Waals surface area contributed by atoms with Gasteiger partial charge in [0.25, 0.3) is 0 Å². The monoisotopic (exact) mass is 490 g/mol. The van der Waals surface area contributed by atoms with Crippen molar-refractivity contribution in [2.75, 3.05) is 0 Å². The molecule has 4 nitrogen and oxygen atoms in total. The van der Waals surface area contributed by atoms with Gasteiger partial charge in [0.1, 0.15) is 0 Å². The molecule has 0 fully saturated rings. The van der Waals surface area contributed by atoms with Crippen LogP contribution >= 0.6 is 0 Å². The van der Waals surface area contributed by atoms with Crippen molar-refractivity contribution in [2.24, 2.45) is 0 Å². The van der Waals surface area contributed by atoms with Crippen LogP contribution in [0.1, 0.15) is 93.6 Å². The van der Waals surface area contributed by atoms with E-state index in [4.69, 9.17) is 0 Å². The van der Waals surface area contributed by atoms with Crippen molar-refractivity contribution < 1.29 is 19.8 Å². The first-order valence-electron chi connectivity index (χ1n) is 12.6. The van der Waals surface area contributed by atoms with Crippen LogP contribution in [-0.4, -0.2) is 22.2 Å². The van der Waals surface area contributed by atoms with E-state index in [1.165, 1.54) is 0 Å². The second-order valence-corrected chi connectivity index (χ2v) is 10.4. The highest BCUT2D eigenvalue weighted by molar-refractivity contribution is 5.92. The van der Waals surface area contributed by atoms with Gasteiger partial charge in [-0.25, -0.2) is 9.59 Å². The van der Waals surface area contributed by atoms with Crippen molar-refractivity contribution in [1.29, 1.82) is 0 Å². The van der Waals surface area contributed by atoms with E-state index in [0.717, 1.165) is 44.5 Å². The maximum absolute atomic E-state index is 12.1. The zero-order chi connectivity index (χ0) is 26.5. The third-order valence-corrected chi connectivity index (χ3v) is 7.63. The van der Waals surface area contributed by atoms with Crippen molar-refractivity contribution in [3.63, 3.8) is 0 Å². The highest BCUT2D eigenvalue weighted by Gasteiger charge is 2.46. The lowest BCUT2D eigenvalue weighted by molar-refractivity contribution is 0.0684. The van der Waals surface area contributed by atoms with Gasteiger partial charge in [0.15, 0.2) is 0 Å². The topological polar surface area (TPSA) is 74.6 Å². The van der Waals surface area contributed by atoms with Crippen molar-refractivity contribution in [1.82, 2.24) is 0 Å². The molecule has 0 heterocycles. The average molecular weight is 491 g/mol. The predicted octanol–water partition coefficient (Wildman–Crippen LogP) is 7.69. The van der Waals surface area contributed by atoms with E-state index in [-0.39, 0.29) is 11.8 Å². The van der Waals surface area contributed by atoms with Crippen LogP contribution < -0.4 is 0 Å². The van der Waals surface area contributed by atoms with Gasteiger partial charge in [-0.15, -0.1) is 0 Å². The third-order valence-electron chi connectivity index (χ3n) is 7.63. The van der Waals surface area contributed by atoms with Crippen LogP contribution in [0.25, 0.3) is 11.1 Å². The molecule has 1 aliphatic rings. The Labute approximate surface area is 217 Å². The lowest BCUT2D eigenvalue weighted by Crippen LogP contribution is -2.29. The number of rotatable bonds is 6. The first-order valence-corrected chi connectivity index (χ1v) is 12.6. The van der Waals surface area contributed by atoms with Crippen LogP contribution in [0.2, 0.25) is 0 Å². The fourth-order valence-corrected chi connectivity index (χ4v) is 5.96. The molecule has 186 valence electrons. The molecule has 4 aromatic carbocycles. The van der Waals surface area contributed by atoms with Crippen LogP contribution in [0.15, 0.2) is 84.9 Å². The molecule has 1 aliphatic carbocycles. The molecule has 0 saturated carbocycles. The molecule has 0 unspecified atom stereocenters. The summed E-state index contributed by atoms with van der Waals surface area (Å²) in [5, 5.41) is 19.8. The standard InChI is InChI=1S/C33H30O4/c1-19(2)27-17-21(13-15-25(27)31(34)35)33(22-14-16-26(32(36)37)28(18-22)20(3)4)29-11-7-5-9-23(29)24-10-6-8-12-30(24)33/h5-20H,1-4H3,(H,34,35)(H,36,37). The number of carboxylic acid groups (broad SMARTS) is 2. The summed E-state index contributed by atoms with van der Waals surface area (Å²) in [6.07, 6.45) is 0. The number of carboxylic acids is 2. The SMILES string of the molecule is CC(C)c1cc(C2(c3ccc(C(=O)O)c(C(C)C)c3)c3ccccc3-c3ccccc32)ccc1C(=O)O. The van der Waals surface area contributed by atoms with Crippen LogP contribution in [0, 0.1) is 0 Å². The minimum absolute atomic E-state index is 0.00982. The van der Waals surface area contributed by atoms with E-state index in [9.17, 15) is 19.8 Å². The maximum Gasteiger partial charge on any atom is 0.335 e. The molecule has 0 bridgehead atoms. The van der Waals surface area contributed by atoms with Gasteiger partial charge in [-0.2, -0.15) is 0 Å². The maximum atomic E-state index is 12.1. The first-order chi connectivity index (χ1) is 17.7. The lowest BCUT2D eigenvalue weighted by atomic mass is 9.66. The second-order valence-electron chi connectivity index (χ2n) is 10.4. The van der Waals surface area contributed by atoms with E-state index < -0.39 is 17.4 Å². The molecular formula is C33H30O4. The fraction of sp³-hybridized carbons (Fsp3) is 0.212. The Morgan fingerprint density at radius 2 is 0.973 bits per heavy atom. The highest BCUT2D eigenvalue weighted by Crippen LogP contribution is 2.56. The quantitative estimate of drug-likeness (QED) is 0.256. The molecule has 4 aromatic rings. The Morgan fingerprint density at radius 3 is 1.32 bits per heavy atom. The molecule has 2 N–H and O–H groups in total. The van der Waals surface area contributed by atoms with Gasteiger partial charge >= 0.3 is 11.9 Å². The summed E-state index contributed by atoms with van der Waals surface area (Å²) < 4.78 is 0. The Kier molecular flexibility index (Phi) is 5.99. The lowest BCUT2D eigenvalue weighted by Gasteiger charge is -2.35. The fourth-order valence-electron chi connectivity index (χ4n) is 5.96. The van der Waals surface area contributed by atoms with E-state index in [1.54, 1.807) is 12.1 Å². The molecule has 0 atom stereocenters. The molecule has 0 saturated heterocycles. The van der Waals surface area contributed by atoms with Gasteiger partial charge < -0.3 is 10.2 Å². The summed E-state index contributed by atoms with van der Waals surface area (Å²) in [6, 6.07) is 28.0. The van der Waals surface area contributed by atoms with Gasteiger partial charge in [0.05, 0.1) is 16.5 Å². The summed E-state index contributed by atoms with van der Waals surface area (Å²) in [7, 11) is 0. The van der Waals surface area contributed by atoms with Crippen molar-refractivity contribution >= 4 is 11.9 Å². The normalized spacial score (nSPS) is 13.5. The van der Waals surface area contributed by atoms with Crippen LogP contribution in [-0.2, 0) is 5.41 Å². The molecule has 4 heteroatoms. The third kappa shape index (κ3) is 3.67. The van der Waals surface area contributed by atoms with Crippen molar-refractivity contribution in [2.45, 2.75) is 44.9 Å². The van der Waals surface area contributed by atoms with Crippen LogP contribution in [0.5, 0.6) is 0 Å². The average Bonchev–Trinajstić information content (AvgIpc) is 3.19. The molecule has 0 aromatic heterocycles. The molecular weight excluding hydrogens is 460 g/mol. The zero-order valence-electron chi connectivity index (χ0n) is 21.4. The largest absolute Gasteiger partial charge is 0.478 e. The van der Waals surface area contributed by atoms with Gasteiger partial charge in [-0.3, -0.25) is 0 Å². The van der Waals surface area contributed by atoms with E-state index in [1.807, 2.05) is 76.2 Å². The van der Waals surface area contributed by atoms with E-state index >= 15 is 0 Å². The number of hydrogen-bond acceptors (Lipinski definition) is 2. The number of benzene rings is 4. The van der Waals surface area contributed by atoms with E-state index in [2.05, 4.69) is 24.3 Å². The molecule has 5 rings (SSSR count). The zero-order valence-corrected chi connectivity index (χ0v) is 21.4. The highest BCUT2D eigenvalue weighted by atomic mass is 16.4. The number of fused-ring (bicyclic) bond motifs is 3. The molecule has 0 radical (unpaired) electrons. The minimum Gasteiger partial charge on any atom is -0.478 e. The Balaban J connectivity index is 1.94.